The van der Waals surface area contributed by atoms with Gasteiger partial charge in [-0.15, -0.1) is 45.3 Å². The maximum absolute atomic E-state index is 15.1. The van der Waals surface area contributed by atoms with Gasteiger partial charge < -0.3 is 28.4 Å². The molecule has 0 N–H and O–H groups in total. The highest BCUT2D eigenvalue weighted by Gasteiger charge is 2.62. The summed E-state index contributed by atoms with van der Waals surface area (Å²) in [6.45, 7) is 1.44. The van der Waals surface area contributed by atoms with E-state index in [2.05, 4.69) is 0 Å². The molecule has 2 fully saturated rings. The third kappa shape index (κ3) is 13.5. The zero-order valence-electron chi connectivity index (χ0n) is 55.8. The molecule has 2 aliphatic carbocycles. The first-order valence-electron chi connectivity index (χ1n) is 33.0. The summed E-state index contributed by atoms with van der Waals surface area (Å²) >= 11 is 42.5. The van der Waals surface area contributed by atoms with Crippen LogP contribution in [0.1, 0.15) is 88.4 Å². The number of hydrogen-bond acceptors (Lipinski definition) is 28. The minimum Gasteiger partial charge on any atom is -0.457 e. The predicted octanol–water partition coefficient (Wildman–Crippen LogP) is 15.7. The Morgan fingerprint density at radius 1 is 0.417 bits per heavy atom. The minimum atomic E-state index is -2.67. The molecular formula is C78H48N6O12S12. The van der Waals surface area contributed by atoms with Gasteiger partial charge in [0.1, 0.15) is 76.2 Å². The number of aromatic nitrogens is 4. The number of carbonyl (C=O) groups excluding carboxylic acids is 6. The standard InChI is InChI=1S/C78H48N6O12S12/c1-2-83-69(85)51(103-75(83)101)35-56-82-68-64(108-56)62-66(78(96-68,73(89)93-38-43-21-11-5-12-22-43)74(90)94-39-44-23-13-6-14-24-44)80-55(106-62)34-52-70(86)84(76(102)104-52)30-29-40-27-28-47-48(31-40)60(100)50(59(47)99)33-54-81-67-63(107-54)61-65(79-53(105-61)32-49-57(97)45-25-15-16-26-46(45)58(49)98)77(95-67,71(87)91-36-41-17-7-3-8-18-41)72(88)92-37-42-19-9-4-10-20-42/h3-28,31-35H,2,29-30,36-39H2,1H3/b50-33-,51-35-,52-34-. The number of thioether (sulfide) groups is 2. The quantitative estimate of drug-likeness (QED) is 0.0228. The average Bonchev–Trinajstić information content (AvgIpc) is 1.52. The van der Waals surface area contributed by atoms with Crippen molar-refractivity contribution in [3.05, 3.63) is 266 Å². The van der Waals surface area contributed by atoms with E-state index in [1.165, 1.54) is 32.5 Å². The van der Waals surface area contributed by atoms with Crippen molar-refractivity contribution in [2.24, 2.45) is 0 Å². The van der Waals surface area contributed by atoms with E-state index < -0.39 is 41.0 Å². The van der Waals surface area contributed by atoms with Gasteiger partial charge in [-0.25, -0.2) is 39.1 Å². The van der Waals surface area contributed by atoms with Crippen LogP contribution in [0, 0.1) is 0 Å². The van der Waals surface area contributed by atoms with Crippen molar-refractivity contribution in [1.29, 1.82) is 0 Å². The lowest BCUT2D eigenvalue weighted by molar-refractivity contribution is -0.185. The van der Waals surface area contributed by atoms with Gasteiger partial charge in [-0.2, -0.15) is 0 Å². The summed E-state index contributed by atoms with van der Waals surface area (Å²) in [5, 5.41) is 1.28. The number of hydrogen-bond donors (Lipinski definition) is 0. The molecule has 534 valence electrons. The molecule has 0 radical (unpaired) electrons. The van der Waals surface area contributed by atoms with Crippen molar-refractivity contribution in [1.82, 2.24) is 29.7 Å². The first-order chi connectivity index (χ1) is 52.4. The van der Waals surface area contributed by atoms with Crippen molar-refractivity contribution < 1.29 is 57.2 Å². The molecule has 0 bridgehead atoms. The van der Waals surface area contributed by atoms with Crippen LogP contribution in [0.15, 0.2) is 185 Å². The predicted molar refractivity (Wildman–Crippen MR) is 441 cm³/mol. The lowest BCUT2D eigenvalue weighted by atomic mass is 9.95. The molecule has 10 aromatic rings. The first kappa shape index (κ1) is 72.6. The van der Waals surface area contributed by atoms with Crippen LogP contribution in [0.2, 0.25) is 0 Å². The van der Waals surface area contributed by atoms with Crippen LogP contribution in [0.5, 0.6) is 11.8 Å². The highest BCUT2D eigenvalue weighted by atomic mass is 32.2. The summed E-state index contributed by atoms with van der Waals surface area (Å²) in [6, 6.07) is 49.2. The number of thiazole rings is 4. The molecule has 2 saturated heterocycles. The second-order valence-corrected chi connectivity index (χ2v) is 33.6. The third-order valence-corrected chi connectivity index (χ3v) is 26.6. The number of fused-ring (bicyclic) bond motifs is 8. The normalized spacial score (nSPS) is 16.8. The van der Waals surface area contributed by atoms with Crippen LogP contribution in [-0.2, 0) is 91.8 Å². The van der Waals surface area contributed by atoms with E-state index in [0.717, 1.165) is 62.9 Å². The highest BCUT2D eigenvalue weighted by Crippen LogP contribution is 2.55. The van der Waals surface area contributed by atoms with Crippen LogP contribution in [0.3, 0.4) is 0 Å². The number of nitrogens with zero attached hydrogens (tertiary/aromatic N) is 6. The number of allylic oxidation sites excluding steroid dienone is 2. The van der Waals surface area contributed by atoms with Gasteiger partial charge in [0, 0.05) is 46.5 Å². The Bertz CT molecular complexity index is 5560. The van der Waals surface area contributed by atoms with Crippen LogP contribution in [-0.4, -0.2) is 107 Å². The number of benzene rings is 6. The Morgan fingerprint density at radius 2 is 0.759 bits per heavy atom. The van der Waals surface area contributed by atoms with Gasteiger partial charge >= 0.3 is 35.1 Å². The van der Waals surface area contributed by atoms with Gasteiger partial charge in [0.2, 0.25) is 11.8 Å². The Kier molecular flexibility index (Phi) is 20.3. The van der Waals surface area contributed by atoms with Gasteiger partial charge in [0.15, 0.2) is 0 Å². The Morgan fingerprint density at radius 3 is 1.17 bits per heavy atom. The maximum atomic E-state index is 15.1. The summed E-state index contributed by atoms with van der Waals surface area (Å²) in [7, 11) is 0. The average molecular weight is 1650 g/mol. The fourth-order valence-electron chi connectivity index (χ4n) is 12.4. The Labute approximate surface area is 672 Å². The molecule has 4 aliphatic heterocycles. The Hall–Kier alpha value is -9.54. The summed E-state index contributed by atoms with van der Waals surface area (Å²) in [6.07, 6.45) is 6.98. The van der Waals surface area contributed by atoms with Crippen molar-refractivity contribution >= 4 is 230 Å². The van der Waals surface area contributed by atoms with E-state index in [1.807, 2.05) is 73.7 Å². The van der Waals surface area contributed by atoms with Gasteiger partial charge in [0.05, 0.1) is 39.0 Å². The largest absolute Gasteiger partial charge is 0.457 e. The van der Waals surface area contributed by atoms with Crippen LogP contribution < -0.4 is 9.47 Å². The highest BCUT2D eigenvalue weighted by molar-refractivity contribution is 8.27. The molecule has 0 atom stereocenters. The van der Waals surface area contributed by atoms with Crippen molar-refractivity contribution in [2.45, 2.75) is 51.0 Å². The fourth-order valence-corrected chi connectivity index (χ4v) is 20.9. The van der Waals surface area contributed by atoms with E-state index in [0.29, 0.717) is 121 Å². The fraction of sp³-hybridized carbons (Fsp3) is 0.128. The van der Waals surface area contributed by atoms with Crippen LogP contribution in [0.4, 0.5) is 0 Å². The number of amides is 2. The zero-order valence-corrected chi connectivity index (χ0v) is 65.6. The third-order valence-electron chi connectivity index (χ3n) is 17.8. The summed E-state index contributed by atoms with van der Waals surface area (Å²) in [5.41, 5.74) is 2.01. The molecule has 0 unspecified atom stereocenters. The van der Waals surface area contributed by atoms with E-state index in [-0.39, 0.29) is 76.3 Å². The van der Waals surface area contributed by atoms with Crippen molar-refractivity contribution in [3.8, 4) is 31.3 Å². The smallest absolute Gasteiger partial charge is 0.369 e. The molecule has 6 aliphatic rings. The first-order valence-corrected chi connectivity index (χ1v) is 40.3. The van der Waals surface area contributed by atoms with Crippen molar-refractivity contribution in [2.75, 3.05) is 13.1 Å². The van der Waals surface area contributed by atoms with E-state index in [4.69, 9.17) is 122 Å². The van der Waals surface area contributed by atoms with Gasteiger partial charge in [-0.05, 0) is 71.5 Å². The number of thiocarbonyl (C=S) groups is 6. The van der Waals surface area contributed by atoms with Crippen LogP contribution >= 0.6 is 142 Å². The molecule has 8 heterocycles. The monoisotopic (exact) mass is 1640 g/mol. The molecule has 30 heteroatoms. The van der Waals surface area contributed by atoms with Crippen molar-refractivity contribution in [3.63, 3.8) is 0 Å². The number of carbonyl (C=O) groups is 6. The summed E-state index contributed by atoms with van der Waals surface area (Å²) in [5.74, 6) is -5.28. The van der Waals surface area contributed by atoms with E-state index >= 15 is 9.59 Å². The molecule has 108 heavy (non-hydrogen) atoms. The van der Waals surface area contributed by atoms with E-state index in [9.17, 15) is 19.2 Å². The molecule has 4 aromatic heterocycles. The van der Waals surface area contributed by atoms with Gasteiger partial charge in [-0.1, -0.05) is 255 Å². The molecule has 18 nitrogen and oxygen atoms in total. The second-order valence-electron chi connectivity index (χ2n) is 24.5. The van der Waals surface area contributed by atoms with Crippen LogP contribution in [0.25, 0.3) is 43.8 Å². The zero-order chi connectivity index (χ0) is 74.7. The SMILES string of the molecule is CCN1C(=O)/C(=C/c2nc3c(s2)-c2sc(/C=C4\SC(=S)N(CCc5ccc6c(c5)C(=S)/C(=C\c5nc7c(s5)-c5sc(C=C8C(=S)c9ccccc9C8=S)nc5C(C(=O)OCc5ccccc5)(C(=O)OCc5ccccc5)O7)C6=S)C4=O)nc2C(C(=O)OCc2ccccc2)(C(=O)OCc2ccccc2)O3)SC1=S. The lowest BCUT2D eigenvalue weighted by Gasteiger charge is -2.31. The molecule has 0 spiro atoms. The second kappa shape index (κ2) is 30.1. The summed E-state index contributed by atoms with van der Waals surface area (Å²) < 4.78 is 37.7. The molecule has 2 amide bonds. The van der Waals surface area contributed by atoms with Gasteiger partial charge in [-0.3, -0.25) is 19.4 Å². The topological polar surface area (TPSA) is 216 Å². The maximum Gasteiger partial charge on any atom is 0.369 e. The molecular weight excluding hydrogens is 1600 g/mol. The summed E-state index contributed by atoms with van der Waals surface area (Å²) in [4.78, 5) is 115. The number of esters is 4. The Balaban J connectivity index is 0.680. The number of ether oxygens (including phenoxy) is 6. The lowest BCUT2D eigenvalue weighted by Crippen LogP contribution is -2.52. The number of likely N-dealkylation sites (N-methyl/N-ethyl adjacent to an activating group) is 1. The molecule has 16 rings (SSSR count). The van der Waals surface area contributed by atoms with E-state index in [1.54, 1.807) is 121 Å². The molecule has 0 saturated carbocycles. The minimum absolute atomic E-state index is 0.0584. The number of rotatable bonds is 20. The van der Waals surface area contributed by atoms with Gasteiger partial charge in [0.25, 0.3) is 11.8 Å². The molecule has 6 aromatic carbocycles.